The first-order valence-corrected chi connectivity index (χ1v) is 6.06. The molecule has 2 rings (SSSR count). The maximum Gasteiger partial charge on any atom is 0.134 e. The average Bonchev–Trinajstić information content (AvgIpc) is 3.10. The first-order chi connectivity index (χ1) is 7.81. The summed E-state index contributed by atoms with van der Waals surface area (Å²) in [5.74, 6) is 1.56. The van der Waals surface area contributed by atoms with Crippen LogP contribution in [-0.4, -0.2) is 6.61 Å². The zero-order valence-corrected chi connectivity index (χ0v) is 10.4. The number of hydrogen-bond acceptors (Lipinski definition) is 3. The van der Waals surface area contributed by atoms with E-state index in [9.17, 15) is 5.21 Å². The fourth-order valence-electron chi connectivity index (χ4n) is 1.38. The number of ether oxygens (including phenoxy) is 1. The second-order valence-corrected chi connectivity index (χ2v) is 4.66. The second-order valence-electron chi connectivity index (χ2n) is 3.86. The number of hydrogen-bond donors (Lipinski definition) is 1. The Balaban J connectivity index is 2.07. The SMILES string of the molecule is [O-]N/C=C/c1cccc(OCC2CC2)c1Br. The maximum atomic E-state index is 10.1. The standard InChI is InChI=1S/C12H13BrNO2/c13-12-10(6-7-14-15)2-1-3-11(12)16-8-9-4-5-9/h1-3,6-7,9,14H,4-5,8H2/q-1/b7-6+. The van der Waals surface area contributed by atoms with E-state index in [1.165, 1.54) is 19.0 Å². The highest BCUT2D eigenvalue weighted by Gasteiger charge is 2.22. The first-order valence-electron chi connectivity index (χ1n) is 5.27. The highest BCUT2D eigenvalue weighted by Crippen LogP contribution is 2.33. The smallest absolute Gasteiger partial charge is 0.134 e. The van der Waals surface area contributed by atoms with E-state index >= 15 is 0 Å². The zero-order chi connectivity index (χ0) is 11.4. The molecule has 0 amide bonds. The molecule has 1 aromatic carbocycles. The molecule has 0 heterocycles. The van der Waals surface area contributed by atoms with Crippen molar-refractivity contribution >= 4 is 22.0 Å². The molecular weight excluding hydrogens is 270 g/mol. The van der Waals surface area contributed by atoms with Crippen LogP contribution in [0.2, 0.25) is 0 Å². The van der Waals surface area contributed by atoms with Gasteiger partial charge in [0.1, 0.15) is 5.75 Å². The summed E-state index contributed by atoms with van der Waals surface area (Å²) in [5, 5.41) is 10.1. The summed E-state index contributed by atoms with van der Waals surface area (Å²) in [6, 6.07) is 5.76. The van der Waals surface area contributed by atoms with Gasteiger partial charge in [-0.2, -0.15) is 0 Å². The van der Waals surface area contributed by atoms with Crippen molar-refractivity contribution in [2.75, 3.05) is 6.61 Å². The Kier molecular flexibility index (Phi) is 3.85. The van der Waals surface area contributed by atoms with E-state index in [4.69, 9.17) is 4.74 Å². The molecule has 3 nitrogen and oxygen atoms in total. The van der Waals surface area contributed by atoms with Crippen molar-refractivity contribution in [1.82, 2.24) is 5.48 Å². The highest BCUT2D eigenvalue weighted by molar-refractivity contribution is 9.10. The lowest BCUT2D eigenvalue weighted by atomic mass is 10.2. The van der Waals surface area contributed by atoms with Gasteiger partial charge in [0, 0.05) is 0 Å². The van der Waals surface area contributed by atoms with Gasteiger partial charge in [0.2, 0.25) is 0 Å². The molecule has 1 fully saturated rings. The first kappa shape index (κ1) is 11.5. The van der Waals surface area contributed by atoms with Crippen molar-refractivity contribution in [3.8, 4) is 5.75 Å². The number of hydroxylamine groups is 1. The molecule has 1 aliphatic carbocycles. The van der Waals surface area contributed by atoms with E-state index in [1.54, 1.807) is 11.6 Å². The molecule has 1 aromatic rings. The third-order valence-corrected chi connectivity index (χ3v) is 3.34. The topological polar surface area (TPSA) is 44.3 Å². The number of nitrogens with one attached hydrogen (secondary N) is 1. The van der Waals surface area contributed by atoms with Gasteiger partial charge in [-0.05, 0) is 58.6 Å². The lowest BCUT2D eigenvalue weighted by Gasteiger charge is -2.09. The summed E-state index contributed by atoms with van der Waals surface area (Å²) in [4.78, 5) is 0. The van der Waals surface area contributed by atoms with Gasteiger partial charge in [-0.25, -0.2) is 0 Å². The molecule has 4 heteroatoms. The van der Waals surface area contributed by atoms with Crippen molar-refractivity contribution in [3.05, 3.63) is 39.6 Å². The third kappa shape index (κ3) is 3.00. The summed E-state index contributed by atoms with van der Waals surface area (Å²) < 4.78 is 6.59. The minimum absolute atomic E-state index is 0.731. The summed E-state index contributed by atoms with van der Waals surface area (Å²) in [6.45, 7) is 0.783. The van der Waals surface area contributed by atoms with Crippen LogP contribution in [0, 0.1) is 11.1 Å². The summed E-state index contributed by atoms with van der Waals surface area (Å²) in [5.41, 5.74) is 2.66. The molecule has 0 spiro atoms. The van der Waals surface area contributed by atoms with Crippen LogP contribution in [0.5, 0.6) is 5.75 Å². The lowest BCUT2D eigenvalue weighted by molar-refractivity contribution is 0.298. The van der Waals surface area contributed by atoms with Gasteiger partial charge in [0.25, 0.3) is 0 Å². The Labute approximate surface area is 103 Å². The van der Waals surface area contributed by atoms with Crippen LogP contribution in [-0.2, 0) is 0 Å². The Morgan fingerprint density at radius 1 is 1.50 bits per heavy atom. The van der Waals surface area contributed by atoms with E-state index in [-0.39, 0.29) is 0 Å². The maximum absolute atomic E-state index is 10.1. The average molecular weight is 283 g/mol. The van der Waals surface area contributed by atoms with Crippen molar-refractivity contribution in [2.24, 2.45) is 5.92 Å². The number of benzene rings is 1. The van der Waals surface area contributed by atoms with E-state index in [1.807, 2.05) is 18.2 Å². The fourth-order valence-corrected chi connectivity index (χ4v) is 1.89. The molecule has 0 aliphatic heterocycles. The molecule has 0 atom stereocenters. The lowest BCUT2D eigenvalue weighted by Crippen LogP contribution is -2.00. The van der Waals surface area contributed by atoms with E-state index in [0.29, 0.717) is 0 Å². The fraction of sp³-hybridized carbons (Fsp3) is 0.333. The highest BCUT2D eigenvalue weighted by atomic mass is 79.9. The number of rotatable bonds is 5. The summed E-state index contributed by atoms with van der Waals surface area (Å²) in [7, 11) is 0. The molecule has 86 valence electrons. The molecule has 16 heavy (non-hydrogen) atoms. The van der Waals surface area contributed by atoms with Gasteiger partial charge in [-0.3, -0.25) is 0 Å². The van der Waals surface area contributed by atoms with Crippen LogP contribution in [0.1, 0.15) is 18.4 Å². The largest absolute Gasteiger partial charge is 0.761 e. The van der Waals surface area contributed by atoms with Crippen molar-refractivity contribution in [1.29, 1.82) is 0 Å². The van der Waals surface area contributed by atoms with Gasteiger partial charge in [0.15, 0.2) is 0 Å². The molecule has 0 saturated heterocycles. The second kappa shape index (κ2) is 5.37. The Morgan fingerprint density at radius 2 is 2.31 bits per heavy atom. The molecule has 0 radical (unpaired) electrons. The number of halogens is 1. The normalized spacial score (nSPS) is 15.4. The van der Waals surface area contributed by atoms with Gasteiger partial charge in [-0.1, -0.05) is 12.1 Å². The molecule has 1 N–H and O–H groups in total. The molecule has 0 bridgehead atoms. The summed E-state index contributed by atoms with van der Waals surface area (Å²) in [6.07, 6.45) is 5.61. The molecule has 0 unspecified atom stereocenters. The zero-order valence-electron chi connectivity index (χ0n) is 8.78. The van der Waals surface area contributed by atoms with Crippen LogP contribution in [0.3, 0.4) is 0 Å². The van der Waals surface area contributed by atoms with Gasteiger partial charge in [0.05, 0.1) is 11.1 Å². The van der Waals surface area contributed by atoms with Crippen LogP contribution in [0.4, 0.5) is 0 Å². The monoisotopic (exact) mass is 282 g/mol. The van der Waals surface area contributed by atoms with Crippen LogP contribution < -0.4 is 10.2 Å². The van der Waals surface area contributed by atoms with Gasteiger partial charge in [-0.15, -0.1) is 0 Å². The van der Waals surface area contributed by atoms with Crippen LogP contribution in [0.25, 0.3) is 6.08 Å². The minimum Gasteiger partial charge on any atom is -0.761 e. The molecule has 1 aliphatic rings. The minimum atomic E-state index is 0.731. The van der Waals surface area contributed by atoms with E-state index in [2.05, 4.69) is 15.9 Å². The predicted octanol–water partition coefficient (Wildman–Crippen LogP) is 3.30. The summed E-state index contributed by atoms with van der Waals surface area (Å²) >= 11 is 3.48. The van der Waals surface area contributed by atoms with Crippen LogP contribution >= 0.6 is 15.9 Å². The Morgan fingerprint density at radius 3 is 3.00 bits per heavy atom. The van der Waals surface area contributed by atoms with Gasteiger partial charge < -0.3 is 15.4 Å². The van der Waals surface area contributed by atoms with Crippen molar-refractivity contribution < 1.29 is 4.74 Å². The molecule has 0 aromatic heterocycles. The Bertz CT molecular complexity index is 389. The Hall–Kier alpha value is -1.00. The third-order valence-electron chi connectivity index (χ3n) is 2.50. The van der Waals surface area contributed by atoms with Crippen molar-refractivity contribution in [3.63, 3.8) is 0 Å². The molecular formula is C12H13BrNO2-. The van der Waals surface area contributed by atoms with Crippen LogP contribution in [0.15, 0.2) is 28.9 Å². The predicted molar refractivity (Wildman–Crippen MR) is 67.9 cm³/mol. The van der Waals surface area contributed by atoms with E-state index in [0.717, 1.165) is 28.3 Å². The van der Waals surface area contributed by atoms with Crippen molar-refractivity contribution in [2.45, 2.75) is 12.8 Å². The van der Waals surface area contributed by atoms with E-state index < -0.39 is 0 Å². The van der Waals surface area contributed by atoms with Gasteiger partial charge >= 0.3 is 0 Å². The quantitative estimate of drug-likeness (QED) is 0.843. The molecule has 1 saturated carbocycles.